The number of amides is 1. The van der Waals surface area contributed by atoms with Crippen molar-refractivity contribution in [1.29, 1.82) is 0 Å². The lowest BCUT2D eigenvalue weighted by molar-refractivity contribution is -0.146. The van der Waals surface area contributed by atoms with Gasteiger partial charge in [0.25, 0.3) is 0 Å². The van der Waals surface area contributed by atoms with Crippen LogP contribution < -0.4 is 5.32 Å². The fraction of sp³-hybridized carbons (Fsp3) is 0.840. The molecule has 6 rings (SSSR count). The van der Waals surface area contributed by atoms with Crippen molar-refractivity contribution in [2.24, 2.45) is 23.2 Å². The number of hydrogen-bond acceptors (Lipinski definition) is 6. The van der Waals surface area contributed by atoms with Crippen molar-refractivity contribution in [3.8, 4) is 0 Å². The summed E-state index contributed by atoms with van der Waals surface area (Å²) in [6.07, 6.45) is 13.0. The minimum absolute atomic E-state index is 0.152. The van der Waals surface area contributed by atoms with Crippen molar-refractivity contribution in [3.63, 3.8) is 0 Å². The van der Waals surface area contributed by atoms with E-state index in [-0.39, 0.29) is 22.5 Å². The molecule has 0 saturated heterocycles. The van der Waals surface area contributed by atoms with Gasteiger partial charge in [0.05, 0.1) is 13.2 Å². The molecule has 33 heavy (non-hydrogen) atoms. The van der Waals surface area contributed by atoms with Crippen LogP contribution in [0.3, 0.4) is 0 Å². The smallest absolute Gasteiger partial charge is 0.319 e. The first-order valence-corrected chi connectivity index (χ1v) is 13.9. The van der Waals surface area contributed by atoms with Gasteiger partial charge in [0.2, 0.25) is 5.91 Å². The first-order chi connectivity index (χ1) is 16.0. The van der Waals surface area contributed by atoms with Gasteiger partial charge in [0.1, 0.15) is 5.25 Å². The second-order valence-corrected chi connectivity index (χ2v) is 12.3. The second kappa shape index (κ2) is 9.59. The molecule has 5 fully saturated rings. The summed E-state index contributed by atoms with van der Waals surface area (Å²) in [4.78, 5) is 25.7. The van der Waals surface area contributed by atoms with Gasteiger partial charge in [-0.15, -0.1) is 10.2 Å². The largest absolute Gasteiger partial charge is 0.465 e. The minimum Gasteiger partial charge on any atom is -0.465 e. The first kappa shape index (κ1) is 23.2. The number of thioether (sulfide) groups is 1. The maximum absolute atomic E-state index is 13.5. The van der Waals surface area contributed by atoms with Crippen LogP contribution in [0.15, 0.2) is 5.16 Å². The summed E-state index contributed by atoms with van der Waals surface area (Å²) in [5, 5.41) is 12.7. The van der Waals surface area contributed by atoms with E-state index in [9.17, 15) is 9.59 Å². The highest BCUT2D eigenvalue weighted by Gasteiger charge is 2.54. The molecule has 1 aromatic rings. The van der Waals surface area contributed by atoms with Crippen LogP contribution in [0.25, 0.3) is 0 Å². The van der Waals surface area contributed by atoms with Crippen LogP contribution in [-0.2, 0) is 20.9 Å². The molecule has 0 aliphatic heterocycles. The molecule has 1 aromatic heterocycles. The molecule has 0 aromatic carbocycles. The molecule has 182 valence electrons. The van der Waals surface area contributed by atoms with Crippen LogP contribution in [0, 0.1) is 23.2 Å². The summed E-state index contributed by atoms with van der Waals surface area (Å²) in [5.41, 5.74) is -0.152. The quantitative estimate of drug-likeness (QED) is 0.436. The third-order valence-electron chi connectivity index (χ3n) is 8.50. The number of rotatable bonds is 8. The van der Waals surface area contributed by atoms with Crippen LogP contribution in [0.2, 0.25) is 0 Å². The van der Waals surface area contributed by atoms with E-state index in [4.69, 9.17) is 4.74 Å². The molecular formula is C25H38N4O3S. The topological polar surface area (TPSA) is 86.1 Å². The Hall–Kier alpha value is -1.57. The Morgan fingerprint density at radius 2 is 1.73 bits per heavy atom. The summed E-state index contributed by atoms with van der Waals surface area (Å²) >= 11 is 1.42. The highest BCUT2D eigenvalue weighted by Crippen LogP contribution is 2.60. The normalized spacial score (nSPS) is 32.0. The van der Waals surface area contributed by atoms with E-state index in [0.29, 0.717) is 19.2 Å². The Labute approximate surface area is 201 Å². The molecule has 8 heteroatoms. The zero-order chi connectivity index (χ0) is 23.0. The molecule has 1 amide bonds. The highest BCUT2D eigenvalue weighted by atomic mass is 32.2. The van der Waals surface area contributed by atoms with Crippen LogP contribution in [-0.4, -0.2) is 38.5 Å². The predicted molar refractivity (Wildman–Crippen MR) is 127 cm³/mol. The number of esters is 1. The number of aromatic nitrogens is 3. The molecule has 5 saturated carbocycles. The molecular weight excluding hydrogens is 436 g/mol. The van der Waals surface area contributed by atoms with Gasteiger partial charge < -0.3 is 14.6 Å². The summed E-state index contributed by atoms with van der Waals surface area (Å²) in [6, 6.07) is 0.331. The van der Waals surface area contributed by atoms with Crippen LogP contribution in [0.4, 0.5) is 0 Å². The Morgan fingerprint density at radius 1 is 1.09 bits per heavy atom. The summed E-state index contributed by atoms with van der Waals surface area (Å²) in [6.45, 7) is 4.47. The standard InChI is InChI=1S/C25H38N4O3S/c1-3-32-22(30)16(2)33-24-28-27-21(29(24)20-7-5-4-6-8-20)15-26-23(31)25-12-17-9-18(13-25)11-19(10-17)14-25/h16-20H,3-15H2,1-2H3,(H,26,31)/t16-,17?,18?,19?,25?/m0/s1. The first-order valence-electron chi connectivity index (χ1n) is 13.0. The van der Waals surface area contributed by atoms with Gasteiger partial charge in [-0.25, -0.2) is 0 Å². The molecule has 4 bridgehead atoms. The van der Waals surface area contributed by atoms with Crippen molar-refractivity contribution in [2.75, 3.05) is 6.61 Å². The predicted octanol–water partition coefficient (Wildman–Crippen LogP) is 4.66. The van der Waals surface area contributed by atoms with E-state index in [1.54, 1.807) is 0 Å². The third-order valence-corrected chi connectivity index (χ3v) is 9.54. The van der Waals surface area contributed by atoms with E-state index < -0.39 is 0 Å². The number of nitrogens with one attached hydrogen (secondary N) is 1. The molecule has 1 N–H and O–H groups in total. The lowest BCUT2D eigenvalue weighted by atomic mass is 9.49. The Morgan fingerprint density at radius 3 is 2.33 bits per heavy atom. The summed E-state index contributed by atoms with van der Waals surface area (Å²) < 4.78 is 7.40. The van der Waals surface area contributed by atoms with Gasteiger partial charge in [-0.3, -0.25) is 9.59 Å². The third kappa shape index (κ3) is 4.69. The molecule has 0 radical (unpaired) electrons. The number of carbonyl (C=O) groups excluding carboxylic acids is 2. The van der Waals surface area contributed by atoms with E-state index in [2.05, 4.69) is 20.1 Å². The fourth-order valence-electron chi connectivity index (χ4n) is 7.42. The maximum Gasteiger partial charge on any atom is 0.319 e. The lowest BCUT2D eigenvalue weighted by Gasteiger charge is -2.55. The molecule has 1 heterocycles. The van der Waals surface area contributed by atoms with Crippen molar-refractivity contribution >= 4 is 23.6 Å². The monoisotopic (exact) mass is 474 g/mol. The van der Waals surface area contributed by atoms with Crippen LogP contribution in [0.5, 0.6) is 0 Å². The molecule has 7 nitrogen and oxygen atoms in total. The van der Waals surface area contributed by atoms with Crippen LogP contribution >= 0.6 is 11.8 Å². The Balaban J connectivity index is 1.30. The molecule has 1 atom stereocenters. The minimum atomic E-state index is -0.342. The van der Waals surface area contributed by atoms with Crippen molar-refractivity contribution in [1.82, 2.24) is 20.1 Å². The van der Waals surface area contributed by atoms with Gasteiger partial charge in [0.15, 0.2) is 11.0 Å². The van der Waals surface area contributed by atoms with Gasteiger partial charge in [0, 0.05) is 11.5 Å². The van der Waals surface area contributed by atoms with Gasteiger partial charge in [-0.05, 0) is 83.0 Å². The zero-order valence-electron chi connectivity index (χ0n) is 20.1. The second-order valence-electron chi connectivity index (χ2n) is 11.0. The van der Waals surface area contributed by atoms with E-state index >= 15 is 0 Å². The van der Waals surface area contributed by atoms with Gasteiger partial charge in [-0.1, -0.05) is 31.0 Å². The number of hydrogen-bond donors (Lipinski definition) is 1. The average molecular weight is 475 g/mol. The number of carbonyl (C=O) groups is 2. The Kier molecular flexibility index (Phi) is 6.74. The maximum atomic E-state index is 13.5. The van der Waals surface area contributed by atoms with Gasteiger partial charge in [-0.2, -0.15) is 0 Å². The zero-order valence-corrected chi connectivity index (χ0v) is 20.9. The molecule has 0 spiro atoms. The Bertz CT molecular complexity index is 844. The van der Waals surface area contributed by atoms with Crippen molar-refractivity contribution in [2.45, 2.75) is 107 Å². The summed E-state index contributed by atoms with van der Waals surface area (Å²) in [5.74, 6) is 3.07. The van der Waals surface area contributed by atoms with Crippen molar-refractivity contribution in [3.05, 3.63) is 5.82 Å². The fourth-order valence-corrected chi connectivity index (χ4v) is 8.35. The SMILES string of the molecule is CCOC(=O)[C@H](C)Sc1nnc(CNC(=O)C23CC4CC(CC(C4)C2)C3)n1C1CCCCC1. The van der Waals surface area contributed by atoms with Gasteiger partial charge >= 0.3 is 5.97 Å². The van der Waals surface area contributed by atoms with E-state index in [1.807, 2.05) is 13.8 Å². The highest BCUT2D eigenvalue weighted by molar-refractivity contribution is 8.00. The molecule has 5 aliphatic rings. The summed E-state index contributed by atoms with van der Waals surface area (Å²) in [7, 11) is 0. The average Bonchev–Trinajstić information content (AvgIpc) is 3.19. The lowest BCUT2D eigenvalue weighted by Crippen LogP contribution is -2.53. The van der Waals surface area contributed by atoms with Crippen molar-refractivity contribution < 1.29 is 14.3 Å². The van der Waals surface area contributed by atoms with E-state index in [1.165, 1.54) is 50.3 Å². The van der Waals surface area contributed by atoms with E-state index in [0.717, 1.165) is 60.8 Å². The number of nitrogens with zero attached hydrogens (tertiary/aromatic N) is 3. The molecule has 0 unspecified atom stereocenters. The molecule has 5 aliphatic carbocycles. The van der Waals surface area contributed by atoms with Crippen LogP contribution in [0.1, 0.15) is 96.3 Å². The number of ether oxygens (including phenoxy) is 1.